The van der Waals surface area contributed by atoms with Crippen LogP contribution in [0.2, 0.25) is 0 Å². The molecule has 2 nitrogen and oxygen atoms in total. The Morgan fingerprint density at radius 3 is 1.94 bits per heavy atom. The average Bonchev–Trinajstić information content (AvgIpc) is 2.30. The van der Waals surface area contributed by atoms with Crippen molar-refractivity contribution in [1.82, 2.24) is 4.90 Å². The maximum absolute atomic E-state index is 12.4. The summed E-state index contributed by atoms with van der Waals surface area (Å²) in [4.78, 5) is 2.14. The van der Waals surface area contributed by atoms with Gasteiger partial charge in [0.15, 0.2) is 0 Å². The van der Waals surface area contributed by atoms with E-state index in [0.29, 0.717) is 12.6 Å². The Bertz CT molecular complexity index is 336. The van der Waals surface area contributed by atoms with Crippen molar-refractivity contribution in [2.75, 3.05) is 13.6 Å². The lowest BCUT2D eigenvalue weighted by Crippen LogP contribution is -2.35. The second-order valence-corrected chi connectivity index (χ2v) is 4.48. The van der Waals surface area contributed by atoms with E-state index in [1.165, 1.54) is 12.1 Å². The minimum Gasteiger partial charge on any atom is -0.329 e. The van der Waals surface area contributed by atoms with Crippen LogP contribution in [0.25, 0.3) is 0 Å². The van der Waals surface area contributed by atoms with Gasteiger partial charge in [0.2, 0.25) is 0 Å². The minimum atomic E-state index is -2.41. The standard InChI is InChI=1S/C13H20F2N2/c1-9(2)17(3)12(8-16)10-4-6-11(7-5-10)13(14)15/h4-7,9,12-13H,8,16H2,1-3H3. The first kappa shape index (κ1) is 14.1. The summed E-state index contributed by atoms with van der Waals surface area (Å²) in [5, 5.41) is 0. The first-order valence-electron chi connectivity index (χ1n) is 5.77. The molecule has 0 aliphatic carbocycles. The number of alkyl halides is 2. The van der Waals surface area contributed by atoms with Crippen LogP contribution in [0.4, 0.5) is 8.78 Å². The van der Waals surface area contributed by atoms with Crippen molar-refractivity contribution >= 4 is 0 Å². The molecule has 4 heteroatoms. The summed E-state index contributed by atoms with van der Waals surface area (Å²) in [6.45, 7) is 4.63. The molecule has 17 heavy (non-hydrogen) atoms. The maximum atomic E-state index is 12.4. The number of halogens is 2. The Morgan fingerprint density at radius 2 is 1.59 bits per heavy atom. The van der Waals surface area contributed by atoms with Gasteiger partial charge < -0.3 is 5.73 Å². The lowest BCUT2D eigenvalue weighted by Gasteiger charge is -2.30. The molecule has 1 atom stereocenters. The van der Waals surface area contributed by atoms with E-state index in [1.807, 2.05) is 7.05 Å². The third-order valence-corrected chi connectivity index (χ3v) is 3.10. The summed E-state index contributed by atoms with van der Waals surface area (Å²) < 4.78 is 24.9. The van der Waals surface area contributed by atoms with Crippen molar-refractivity contribution in [3.8, 4) is 0 Å². The summed E-state index contributed by atoms with van der Waals surface area (Å²) >= 11 is 0. The number of nitrogens with two attached hydrogens (primary N) is 1. The minimum absolute atomic E-state index is 0.0525. The Balaban J connectivity index is 2.89. The van der Waals surface area contributed by atoms with Crippen LogP contribution < -0.4 is 5.73 Å². The highest BCUT2D eigenvalue weighted by Crippen LogP contribution is 2.24. The molecular formula is C13H20F2N2. The number of likely N-dealkylation sites (N-methyl/N-ethyl adjacent to an activating group) is 1. The summed E-state index contributed by atoms with van der Waals surface area (Å²) in [6, 6.07) is 6.84. The van der Waals surface area contributed by atoms with Crippen molar-refractivity contribution < 1.29 is 8.78 Å². The first-order chi connectivity index (χ1) is 7.97. The van der Waals surface area contributed by atoms with Crippen LogP contribution in [-0.2, 0) is 0 Å². The van der Waals surface area contributed by atoms with Gasteiger partial charge in [-0.2, -0.15) is 0 Å². The zero-order chi connectivity index (χ0) is 13.0. The molecule has 96 valence electrons. The monoisotopic (exact) mass is 242 g/mol. The fraction of sp³-hybridized carbons (Fsp3) is 0.538. The number of hydrogen-bond acceptors (Lipinski definition) is 2. The highest BCUT2D eigenvalue weighted by molar-refractivity contribution is 5.26. The Labute approximate surface area is 101 Å². The van der Waals surface area contributed by atoms with E-state index in [-0.39, 0.29) is 11.6 Å². The summed E-state index contributed by atoms with van der Waals surface area (Å²) in [7, 11) is 1.99. The van der Waals surface area contributed by atoms with E-state index >= 15 is 0 Å². The Kier molecular flexibility index (Phi) is 5.02. The van der Waals surface area contributed by atoms with Crippen molar-refractivity contribution in [3.63, 3.8) is 0 Å². The van der Waals surface area contributed by atoms with Gasteiger partial charge in [0.25, 0.3) is 6.43 Å². The molecule has 0 amide bonds. The lowest BCUT2D eigenvalue weighted by molar-refractivity contribution is 0.151. The average molecular weight is 242 g/mol. The van der Waals surface area contributed by atoms with E-state index in [0.717, 1.165) is 5.56 Å². The van der Waals surface area contributed by atoms with Gasteiger partial charge in [0, 0.05) is 24.2 Å². The van der Waals surface area contributed by atoms with Crippen LogP contribution in [0.5, 0.6) is 0 Å². The molecule has 0 saturated heterocycles. The van der Waals surface area contributed by atoms with Crippen molar-refractivity contribution in [1.29, 1.82) is 0 Å². The van der Waals surface area contributed by atoms with Gasteiger partial charge in [0.05, 0.1) is 0 Å². The quantitative estimate of drug-likeness (QED) is 0.860. The third-order valence-electron chi connectivity index (χ3n) is 3.10. The number of hydrogen-bond donors (Lipinski definition) is 1. The van der Waals surface area contributed by atoms with Gasteiger partial charge >= 0.3 is 0 Å². The topological polar surface area (TPSA) is 29.3 Å². The molecule has 0 radical (unpaired) electrons. The molecule has 0 spiro atoms. The van der Waals surface area contributed by atoms with Crippen LogP contribution in [0, 0.1) is 0 Å². The number of rotatable bonds is 5. The van der Waals surface area contributed by atoms with Crippen LogP contribution in [0.1, 0.15) is 37.4 Å². The maximum Gasteiger partial charge on any atom is 0.263 e. The Hall–Kier alpha value is -1.00. The second kappa shape index (κ2) is 6.07. The molecule has 0 fully saturated rings. The van der Waals surface area contributed by atoms with E-state index in [9.17, 15) is 8.78 Å². The highest BCUT2D eigenvalue weighted by atomic mass is 19.3. The smallest absolute Gasteiger partial charge is 0.263 e. The van der Waals surface area contributed by atoms with E-state index in [4.69, 9.17) is 5.73 Å². The number of nitrogens with zero attached hydrogens (tertiary/aromatic N) is 1. The van der Waals surface area contributed by atoms with Gasteiger partial charge in [-0.15, -0.1) is 0 Å². The zero-order valence-electron chi connectivity index (χ0n) is 10.5. The van der Waals surface area contributed by atoms with Crippen LogP contribution >= 0.6 is 0 Å². The SMILES string of the molecule is CC(C)N(C)C(CN)c1ccc(C(F)F)cc1. The van der Waals surface area contributed by atoms with E-state index in [1.54, 1.807) is 12.1 Å². The van der Waals surface area contributed by atoms with Gasteiger partial charge in [-0.05, 0) is 26.5 Å². The molecule has 1 rings (SSSR count). The molecule has 1 aromatic carbocycles. The molecule has 0 aromatic heterocycles. The van der Waals surface area contributed by atoms with Crippen molar-refractivity contribution in [3.05, 3.63) is 35.4 Å². The van der Waals surface area contributed by atoms with Gasteiger partial charge in [-0.3, -0.25) is 4.90 Å². The van der Waals surface area contributed by atoms with Crippen molar-refractivity contribution in [2.45, 2.75) is 32.4 Å². The normalized spacial score (nSPS) is 13.7. The lowest BCUT2D eigenvalue weighted by atomic mass is 10.0. The predicted octanol–water partition coefficient (Wildman–Crippen LogP) is 2.96. The number of benzene rings is 1. The van der Waals surface area contributed by atoms with E-state index < -0.39 is 6.43 Å². The molecule has 1 aromatic rings. The van der Waals surface area contributed by atoms with Gasteiger partial charge in [-0.1, -0.05) is 24.3 Å². The molecule has 2 N–H and O–H groups in total. The zero-order valence-corrected chi connectivity index (χ0v) is 10.5. The highest BCUT2D eigenvalue weighted by Gasteiger charge is 2.18. The van der Waals surface area contributed by atoms with E-state index in [2.05, 4.69) is 18.7 Å². The first-order valence-corrected chi connectivity index (χ1v) is 5.77. The molecule has 0 aliphatic heterocycles. The van der Waals surface area contributed by atoms with Gasteiger partial charge in [0.1, 0.15) is 0 Å². The van der Waals surface area contributed by atoms with Crippen LogP contribution in [-0.4, -0.2) is 24.5 Å². The summed E-state index contributed by atoms with van der Waals surface area (Å²) in [5.74, 6) is 0. The van der Waals surface area contributed by atoms with Gasteiger partial charge in [-0.25, -0.2) is 8.78 Å². The summed E-state index contributed by atoms with van der Waals surface area (Å²) in [5.41, 5.74) is 6.78. The fourth-order valence-electron chi connectivity index (χ4n) is 1.76. The molecule has 0 saturated carbocycles. The van der Waals surface area contributed by atoms with Crippen molar-refractivity contribution in [2.24, 2.45) is 5.73 Å². The molecule has 0 heterocycles. The Morgan fingerprint density at radius 1 is 1.12 bits per heavy atom. The largest absolute Gasteiger partial charge is 0.329 e. The fourth-order valence-corrected chi connectivity index (χ4v) is 1.76. The molecular weight excluding hydrogens is 222 g/mol. The molecule has 1 unspecified atom stereocenters. The molecule has 0 bridgehead atoms. The predicted molar refractivity (Wildman–Crippen MR) is 66.1 cm³/mol. The van der Waals surface area contributed by atoms with Crippen LogP contribution in [0.15, 0.2) is 24.3 Å². The molecule has 0 aliphatic rings. The third kappa shape index (κ3) is 3.48. The summed E-state index contributed by atoms with van der Waals surface area (Å²) in [6.07, 6.45) is -2.41. The van der Waals surface area contributed by atoms with Crippen LogP contribution in [0.3, 0.4) is 0 Å². The second-order valence-electron chi connectivity index (χ2n) is 4.48.